The van der Waals surface area contributed by atoms with Crippen LogP contribution in [0.3, 0.4) is 0 Å². The van der Waals surface area contributed by atoms with Crippen molar-refractivity contribution in [3.05, 3.63) is 33.9 Å². The second-order valence-corrected chi connectivity index (χ2v) is 6.12. The molecule has 2 nitrogen and oxygen atoms in total. The first-order valence-electron chi connectivity index (χ1n) is 7.48. The number of nitrogens with one attached hydrogen (secondary N) is 1. The molecule has 1 N–H and O–H groups in total. The van der Waals surface area contributed by atoms with Crippen LogP contribution in [0, 0.1) is 27.7 Å². The predicted octanol–water partition coefficient (Wildman–Crippen LogP) is 2.76. The molecule has 0 amide bonds. The molecule has 1 aromatic carbocycles. The fraction of sp³-hybridized carbons (Fsp3) is 0.647. The van der Waals surface area contributed by atoms with Crippen LogP contribution >= 0.6 is 0 Å². The van der Waals surface area contributed by atoms with Gasteiger partial charge in [-0.3, -0.25) is 0 Å². The average molecular weight is 260 g/mol. The fourth-order valence-corrected chi connectivity index (χ4v) is 3.16. The lowest BCUT2D eigenvalue weighted by molar-refractivity contribution is 0.260. The third-order valence-corrected chi connectivity index (χ3v) is 4.89. The van der Waals surface area contributed by atoms with Crippen molar-refractivity contribution in [3.8, 4) is 0 Å². The lowest BCUT2D eigenvalue weighted by Crippen LogP contribution is -2.35. The van der Waals surface area contributed by atoms with Crippen LogP contribution < -0.4 is 5.32 Å². The van der Waals surface area contributed by atoms with Crippen molar-refractivity contribution < 1.29 is 0 Å². The topological polar surface area (TPSA) is 15.3 Å². The summed E-state index contributed by atoms with van der Waals surface area (Å²) in [6, 6.07) is 3.05. The number of rotatable bonds is 4. The van der Waals surface area contributed by atoms with Gasteiger partial charge < -0.3 is 10.2 Å². The first-order valence-corrected chi connectivity index (χ1v) is 7.48. The van der Waals surface area contributed by atoms with Gasteiger partial charge in [0.1, 0.15) is 0 Å². The summed E-state index contributed by atoms with van der Waals surface area (Å²) >= 11 is 0. The van der Waals surface area contributed by atoms with Crippen LogP contribution in [0.15, 0.2) is 6.07 Å². The molecule has 0 spiro atoms. The maximum absolute atomic E-state index is 3.45. The first kappa shape index (κ1) is 14.5. The van der Waals surface area contributed by atoms with Crippen LogP contribution in [0.2, 0.25) is 0 Å². The summed E-state index contributed by atoms with van der Waals surface area (Å²) in [5.41, 5.74) is 7.41. The summed E-state index contributed by atoms with van der Waals surface area (Å²) in [6.07, 6.45) is 2.47. The summed E-state index contributed by atoms with van der Waals surface area (Å²) in [6.45, 7) is 12.5. The van der Waals surface area contributed by atoms with Crippen molar-refractivity contribution in [1.29, 1.82) is 0 Å². The van der Waals surface area contributed by atoms with Crippen LogP contribution in [0.5, 0.6) is 0 Å². The van der Waals surface area contributed by atoms with Crippen LogP contribution in [-0.4, -0.2) is 37.6 Å². The SMILES string of the molecule is Cc1cc(C)c(C)c(CCN(C)C2CCNC2)c1C. The molecule has 1 saturated heterocycles. The minimum absolute atomic E-state index is 0.728. The second kappa shape index (κ2) is 6.06. The van der Waals surface area contributed by atoms with Crippen LogP contribution in [0.1, 0.15) is 34.2 Å². The fourth-order valence-electron chi connectivity index (χ4n) is 3.16. The Morgan fingerprint density at radius 1 is 1.16 bits per heavy atom. The number of hydrogen-bond acceptors (Lipinski definition) is 2. The van der Waals surface area contributed by atoms with Gasteiger partial charge in [0.15, 0.2) is 0 Å². The van der Waals surface area contributed by atoms with Crippen molar-refractivity contribution in [3.63, 3.8) is 0 Å². The molecule has 106 valence electrons. The van der Waals surface area contributed by atoms with Crippen molar-refractivity contribution in [2.24, 2.45) is 0 Å². The summed E-state index contributed by atoms with van der Waals surface area (Å²) < 4.78 is 0. The van der Waals surface area contributed by atoms with Crippen molar-refractivity contribution in [2.75, 3.05) is 26.7 Å². The molecule has 0 bridgehead atoms. The normalized spacial score (nSPS) is 19.4. The molecule has 2 heteroatoms. The Labute approximate surface area is 118 Å². The molecule has 0 radical (unpaired) electrons. The predicted molar refractivity (Wildman–Crippen MR) is 83.0 cm³/mol. The summed E-state index contributed by atoms with van der Waals surface area (Å²) in [5.74, 6) is 0. The standard InChI is InChI=1S/C17H28N2/c1-12-10-13(2)15(4)17(14(12)3)7-9-19(5)16-6-8-18-11-16/h10,16,18H,6-9,11H2,1-5H3. The summed E-state index contributed by atoms with van der Waals surface area (Å²) in [5, 5.41) is 3.45. The smallest absolute Gasteiger partial charge is 0.0229 e. The number of aryl methyl sites for hydroxylation is 2. The molecule has 0 aromatic heterocycles. The van der Waals surface area contributed by atoms with Crippen molar-refractivity contribution in [2.45, 2.75) is 46.6 Å². The van der Waals surface area contributed by atoms with Gasteiger partial charge in [-0.25, -0.2) is 0 Å². The van der Waals surface area contributed by atoms with E-state index in [4.69, 9.17) is 0 Å². The number of benzene rings is 1. The van der Waals surface area contributed by atoms with Crippen molar-refractivity contribution in [1.82, 2.24) is 10.2 Å². The molecule has 0 aliphatic carbocycles. The van der Waals surface area contributed by atoms with Gasteiger partial charge in [0.2, 0.25) is 0 Å². The maximum Gasteiger partial charge on any atom is 0.0229 e. The highest BCUT2D eigenvalue weighted by atomic mass is 15.2. The lowest BCUT2D eigenvalue weighted by Gasteiger charge is -2.25. The molecule has 1 aromatic rings. The minimum Gasteiger partial charge on any atom is -0.315 e. The molecule has 1 aliphatic heterocycles. The van der Waals surface area contributed by atoms with E-state index in [0.29, 0.717) is 0 Å². The Bertz CT molecular complexity index is 419. The zero-order valence-corrected chi connectivity index (χ0v) is 13.1. The minimum atomic E-state index is 0.728. The van der Waals surface area contributed by atoms with Gasteiger partial charge in [0.05, 0.1) is 0 Å². The Kier molecular flexibility index (Phi) is 4.64. The maximum atomic E-state index is 3.45. The van der Waals surface area contributed by atoms with Crippen LogP contribution in [0.25, 0.3) is 0 Å². The molecule has 1 atom stereocenters. The molecule has 2 rings (SSSR count). The molecule has 1 unspecified atom stereocenters. The van der Waals surface area contributed by atoms with E-state index in [1.165, 1.54) is 41.6 Å². The quantitative estimate of drug-likeness (QED) is 0.895. The van der Waals surface area contributed by atoms with E-state index in [-0.39, 0.29) is 0 Å². The van der Waals surface area contributed by atoms with Gasteiger partial charge in [-0.1, -0.05) is 6.07 Å². The summed E-state index contributed by atoms with van der Waals surface area (Å²) in [4.78, 5) is 2.52. The van der Waals surface area contributed by atoms with Gasteiger partial charge in [-0.05, 0) is 81.9 Å². The molecule has 1 fully saturated rings. The monoisotopic (exact) mass is 260 g/mol. The number of nitrogens with zero attached hydrogens (tertiary/aromatic N) is 1. The third-order valence-electron chi connectivity index (χ3n) is 4.89. The van der Waals surface area contributed by atoms with Gasteiger partial charge in [-0.15, -0.1) is 0 Å². The highest BCUT2D eigenvalue weighted by Crippen LogP contribution is 2.22. The highest BCUT2D eigenvalue weighted by molar-refractivity contribution is 5.44. The second-order valence-electron chi connectivity index (χ2n) is 6.12. The Balaban J connectivity index is 2.06. The van der Waals surface area contributed by atoms with E-state index < -0.39 is 0 Å². The Morgan fingerprint density at radius 3 is 2.32 bits per heavy atom. The number of likely N-dealkylation sites (N-methyl/N-ethyl adjacent to an activating group) is 1. The zero-order valence-electron chi connectivity index (χ0n) is 13.1. The molecular weight excluding hydrogens is 232 g/mol. The van der Waals surface area contributed by atoms with Crippen LogP contribution in [0.4, 0.5) is 0 Å². The first-order chi connectivity index (χ1) is 9.00. The Hall–Kier alpha value is -0.860. The number of hydrogen-bond donors (Lipinski definition) is 1. The van der Waals surface area contributed by atoms with E-state index >= 15 is 0 Å². The van der Waals surface area contributed by atoms with E-state index in [9.17, 15) is 0 Å². The van der Waals surface area contributed by atoms with E-state index in [1.54, 1.807) is 5.56 Å². The zero-order chi connectivity index (χ0) is 14.0. The molecule has 19 heavy (non-hydrogen) atoms. The van der Waals surface area contributed by atoms with Crippen LogP contribution in [-0.2, 0) is 6.42 Å². The van der Waals surface area contributed by atoms with E-state index in [2.05, 4.69) is 51.0 Å². The molecule has 1 aliphatic rings. The van der Waals surface area contributed by atoms with Gasteiger partial charge in [0.25, 0.3) is 0 Å². The third kappa shape index (κ3) is 3.18. The van der Waals surface area contributed by atoms with Gasteiger partial charge in [0, 0.05) is 19.1 Å². The van der Waals surface area contributed by atoms with Crippen molar-refractivity contribution >= 4 is 0 Å². The lowest BCUT2D eigenvalue weighted by atomic mass is 9.92. The van der Waals surface area contributed by atoms with Gasteiger partial charge >= 0.3 is 0 Å². The molecule has 1 heterocycles. The summed E-state index contributed by atoms with van der Waals surface area (Å²) in [7, 11) is 2.27. The van der Waals surface area contributed by atoms with E-state index in [1.807, 2.05) is 0 Å². The van der Waals surface area contributed by atoms with E-state index in [0.717, 1.165) is 19.1 Å². The Morgan fingerprint density at radius 2 is 1.79 bits per heavy atom. The molecular formula is C17H28N2. The average Bonchev–Trinajstić information content (AvgIpc) is 2.90. The highest BCUT2D eigenvalue weighted by Gasteiger charge is 2.19. The van der Waals surface area contributed by atoms with Gasteiger partial charge in [-0.2, -0.15) is 0 Å². The molecule has 0 saturated carbocycles. The largest absolute Gasteiger partial charge is 0.315 e.